The van der Waals surface area contributed by atoms with Crippen LogP contribution in [0.4, 0.5) is 8.78 Å². The smallest absolute Gasteiger partial charge is 0.165 e. The molecule has 0 aliphatic heterocycles. The number of rotatable bonds is 9. The summed E-state index contributed by atoms with van der Waals surface area (Å²) in [4.78, 5) is 7.87. The highest BCUT2D eigenvalue weighted by Gasteiger charge is 2.45. The Kier molecular flexibility index (Phi) is 7.64. The molecular weight excluding hydrogens is 470 g/mol. The summed E-state index contributed by atoms with van der Waals surface area (Å²) in [5.41, 5.74) is 4.51. The molecule has 0 unspecified atom stereocenters. The molecule has 0 atom stereocenters. The van der Waals surface area contributed by atoms with Gasteiger partial charge in [-0.3, -0.25) is 0 Å². The molecule has 0 aliphatic rings. The third kappa shape index (κ3) is 4.71. The predicted molar refractivity (Wildman–Crippen MR) is 147 cm³/mol. The van der Waals surface area contributed by atoms with E-state index in [1.165, 1.54) is 11.3 Å². The number of ether oxygens (including phenoxy) is 1. The summed E-state index contributed by atoms with van der Waals surface area (Å²) in [5, 5.41) is 2.43. The van der Waals surface area contributed by atoms with Crippen molar-refractivity contribution in [1.82, 2.24) is 9.97 Å². The second-order valence-electron chi connectivity index (χ2n) is 10.6. The lowest BCUT2D eigenvalue weighted by Crippen LogP contribution is -2.56. The topological polar surface area (TPSA) is 37.9 Å². The van der Waals surface area contributed by atoms with Crippen LogP contribution in [0.2, 0.25) is 16.6 Å². The van der Waals surface area contributed by atoms with Crippen molar-refractivity contribution in [2.24, 2.45) is 0 Å². The van der Waals surface area contributed by atoms with Gasteiger partial charge in [-0.15, -0.1) is 0 Å². The maximum atomic E-state index is 15.2. The number of nitrogens with one attached hydrogen (secondary N) is 1. The molecule has 0 aliphatic carbocycles. The van der Waals surface area contributed by atoms with Crippen molar-refractivity contribution in [3.63, 3.8) is 0 Å². The fraction of sp³-hybridized carbons (Fsp3) is 0.367. The second-order valence-corrected chi connectivity index (χ2v) is 16.5. The molecule has 0 saturated heterocycles. The molecule has 36 heavy (non-hydrogen) atoms. The highest BCUT2D eigenvalue weighted by molar-refractivity contribution is 6.96. The minimum Gasteiger partial charge on any atom is -0.486 e. The van der Waals surface area contributed by atoms with Gasteiger partial charge >= 0.3 is 0 Å². The quantitative estimate of drug-likeness (QED) is 0.234. The van der Waals surface area contributed by atoms with Crippen LogP contribution in [0, 0.1) is 11.6 Å². The summed E-state index contributed by atoms with van der Waals surface area (Å²) >= 11 is 0. The predicted octanol–water partition coefficient (Wildman–Crippen LogP) is 7.90. The summed E-state index contributed by atoms with van der Waals surface area (Å²) in [7, 11) is -2.00. The zero-order valence-electron chi connectivity index (χ0n) is 22.0. The Hall–Kier alpha value is -2.99. The van der Waals surface area contributed by atoms with E-state index in [2.05, 4.69) is 57.6 Å². The Balaban J connectivity index is 1.72. The molecule has 2 aromatic carbocycles. The van der Waals surface area contributed by atoms with Gasteiger partial charge in [0.25, 0.3) is 0 Å². The number of hydrogen-bond donors (Lipinski definition) is 1. The molecule has 4 aromatic rings. The largest absolute Gasteiger partial charge is 0.486 e. The molecule has 0 amide bonds. The number of nitrogens with zero attached hydrogens (tertiary/aromatic N) is 1. The standard InChI is InChI=1S/C30H36F2N2OSi/c1-19(2)36(20(3)4,21(5)6)28-12-13-33-30-29(28)24(17-34-30)14-23-15-26(32)27(16-25(23)31)35-18-22-10-8-7-9-11-22/h7-13,15-17,19-21H,14,18H2,1-6H3,(H,33,34). The van der Waals surface area contributed by atoms with Crippen molar-refractivity contribution in [2.75, 3.05) is 0 Å². The molecular formula is C30H36F2N2OSi. The van der Waals surface area contributed by atoms with Gasteiger partial charge in [-0.05, 0) is 50.6 Å². The summed E-state index contributed by atoms with van der Waals surface area (Å²) in [6.07, 6.45) is 4.06. The number of hydrogen-bond acceptors (Lipinski definition) is 2. The van der Waals surface area contributed by atoms with E-state index >= 15 is 4.39 Å². The highest BCUT2D eigenvalue weighted by Crippen LogP contribution is 2.42. The Morgan fingerprint density at radius 3 is 2.17 bits per heavy atom. The summed E-state index contributed by atoms with van der Waals surface area (Å²) < 4.78 is 35.7. The van der Waals surface area contributed by atoms with Crippen LogP contribution < -0.4 is 9.92 Å². The Morgan fingerprint density at radius 1 is 0.861 bits per heavy atom. The van der Waals surface area contributed by atoms with Crippen molar-refractivity contribution in [3.8, 4) is 5.75 Å². The Labute approximate surface area is 213 Å². The average Bonchev–Trinajstić information content (AvgIpc) is 3.24. The van der Waals surface area contributed by atoms with Gasteiger partial charge in [0.05, 0.1) is 8.07 Å². The van der Waals surface area contributed by atoms with Crippen molar-refractivity contribution in [3.05, 3.63) is 89.2 Å². The van der Waals surface area contributed by atoms with Gasteiger partial charge < -0.3 is 9.72 Å². The van der Waals surface area contributed by atoms with Crippen LogP contribution in [0.1, 0.15) is 58.2 Å². The van der Waals surface area contributed by atoms with E-state index in [0.29, 0.717) is 22.2 Å². The van der Waals surface area contributed by atoms with Crippen LogP contribution in [-0.2, 0) is 13.0 Å². The van der Waals surface area contributed by atoms with Gasteiger partial charge in [0, 0.05) is 30.3 Å². The Morgan fingerprint density at radius 2 is 1.53 bits per heavy atom. The minimum atomic E-state index is -2.00. The number of halogens is 2. The number of pyridine rings is 1. The third-order valence-corrected chi connectivity index (χ3v) is 14.8. The molecule has 2 heterocycles. The zero-order chi connectivity index (χ0) is 26.0. The fourth-order valence-electron chi connectivity index (χ4n) is 6.31. The lowest BCUT2D eigenvalue weighted by molar-refractivity contribution is 0.288. The first-order valence-corrected chi connectivity index (χ1v) is 15.0. The van der Waals surface area contributed by atoms with E-state index < -0.39 is 19.7 Å². The normalized spacial score (nSPS) is 12.3. The van der Waals surface area contributed by atoms with Gasteiger partial charge in [0.1, 0.15) is 18.1 Å². The van der Waals surface area contributed by atoms with Crippen LogP contribution in [0.25, 0.3) is 11.0 Å². The maximum absolute atomic E-state index is 15.2. The number of fused-ring (bicyclic) bond motifs is 1. The van der Waals surface area contributed by atoms with Gasteiger partial charge in [-0.2, -0.15) is 0 Å². The molecule has 0 fully saturated rings. The van der Waals surface area contributed by atoms with Crippen LogP contribution in [0.3, 0.4) is 0 Å². The van der Waals surface area contributed by atoms with E-state index in [0.717, 1.165) is 28.2 Å². The van der Waals surface area contributed by atoms with Crippen LogP contribution in [0.15, 0.2) is 60.9 Å². The number of H-pyrrole nitrogens is 1. The van der Waals surface area contributed by atoms with Crippen molar-refractivity contribution in [2.45, 2.75) is 71.2 Å². The lowest BCUT2D eigenvalue weighted by Gasteiger charge is -2.44. The molecule has 2 aromatic heterocycles. The number of aromatic nitrogens is 2. The van der Waals surface area contributed by atoms with E-state index in [1.807, 2.05) is 42.7 Å². The number of aromatic amines is 1. The van der Waals surface area contributed by atoms with Crippen LogP contribution >= 0.6 is 0 Å². The molecule has 3 nitrogen and oxygen atoms in total. The van der Waals surface area contributed by atoms with Crippen LogP contribution in [-0.4, -0.2) is 18.0 Å². The maximum Gasteiger partial charge on any atom is 0.165 e. The van der Waals surface area contributed by atoms with E-state index in [4.69, 9.17) is 4.74 Å². The molecule has 0 spiro atoms. The van der Waals surface area contributed by atoms with Gasteiger partial charge in [0.2, 0.25) is 0 Å². The first kappa shape index (κ1) is 26.1. The summed E-state index contributed by atoms with van der Waals surface area (Å²) in [6.45, 7) is 14.1. The molecule has 0 bridgehead atoms. The van der Waals surface area contributed by atoms with E-state index in [-0.39, 0.29) is 18.8 Å². The Bertz CT molecular complexity index is 1310. The molecule has 4 rings (SSSR count). The molecule has 0 radical (unpaired) electrons. The molecule has 6 heteroatoms. The van der Waals surface area contributed by atoms with Gasteiger partial charge in [0.15, 0.2) is 11.6 Å². The molecule has 1 N–H and O–H groups in total. The number of benzene rings is 2. The van der Waals surface area contributed by atoms with E-state index in [9.17, 15) is 4.39 Å². The lowest BCUT2D eigenvalue weighted by atomic mass is 10.0. The fourth-order valence-corrected chi connectivity index (χ4v) is 13.3. The highest BCUT2D eigenvalue weighted by atomic mass is 28.3. The summed E-state index contributed by atoms with van der Waals surface area (Å²) in [6, 6.07) is 14.1. The van der Waals surface area contributed by atoms with E-state index in [1.54, 1.807) is 0 Å². The monoisotopic (exact) mass is 506 g/mol. The van der Waals surface area contributed by atoms with Gasteiger partial charge in [-0.25, -0.2) is 13.8 Å². The molecule has 0 saturated carbocycles. The minimum absolute atomic E-state index is 0.0766. The second kappa shape index (κ2) is 10.6. The first-order valence-electron chi connectivity index (χ1n) is 12.8. The summed E-state index contributed by atoms with van der Waals surface area (Å²) in [5.74, 6) is -1.11. The third-order valence-electron chi connectivity index (χ3n) is 7.71. The van der Waals surface area contributed by atoms with Crippen molar-refractivity contribution < 1.29 is 13.5 Å². The zero-order valence-corrected chi connectivity index (χ0v) is 23.0. The van der Waals surface area contributed by atoms with Crippen molar-refractivity contribution >= 4 is 24.3 Å². The molecule has 190 valence electrons. The SMILES string of the molecule is CC(C)[Si](c1ccnc2[nH]cc(Cc3cc(F)c(OCc4ccccc4)cc3F)c12)(C(C)C)C(C)C. The first-order chi connectivity index (χ1) is 17.2. The van der Waals surface area contributed by atoms with Crippen molar-refractivity contribution in [1.29, 1.82) is 0 Å². The average molecular weight is 507 g/mol. The van der Waals surface area contributed by atoms with Gasteiger partial charge in [-0.1, -0.05) is 71.9 Å². The van der Waals surface area contributed by atoms with Crippen LogP contribution in [0.5, 0.6) is 5.75 Å².